The van der Waals surface area contributed by atoms with Crippen molar-refractivity contribution in [1.29, 1.82) is 0 Å². The lowest BCUT2D eigenvalue weighted by Crippen LogP contribution is -2.17. The molecule has 2 aliphatic rings. The largest absolute Gasteiger partial charge is 0.357 e. The maximum Gasteiger partial charge on any atom is 0.222 e. The second-order valence-corrected chi connectivity index (χ2v) is 20.6. The van der Waals surface area contributed by atoms with Gasteiger partial charge < -0.3 is 15.5 Å². The fraction of sp³-hybridized carbons (Fsp3) is 0.429. The van der Waals surface area contributed by atoms with Gasteiger partial charge in [-0.25, -0.2) is 19.9 Å². The van der Waals surface area contributed by atoms with E-state index < -0.39 is 4.92 Å². The number of aliphatic imine (C=N–C) groups is 2. The normalized spacial score (nSPS) is 11.4. The topological polar surface area (TPSA) is 181 Å². The summed E-state index contributed by atoms with van der Waals surface area (Å²) in [5.41, 5.74) is 34.6. The van der Waals surface area contributed by atoms with Crippen LogP contribution in [0.25, 0.3) is 22.5 Å². The third-order valence-electron chi connectivity index (χ3n) is 15.4. The van der Waals surface area contributed by atoms with Crippen molar-refractivity contribution in [2.45, 2.75) is 153 Å². The number of hydrogen-bond donors (Lipinski definition) is 2. The van der Waals surface area contributed by atoms with Crippen molar-refractivity contribution >= 4 is 46.1 Å². The van der Waals surface area contributed by atoms with Crippen LogP contribution in [0.3, 0.4) is 0 Å². The highest BCUT2D eigenvalue weighted by molar-refractivity contribution is 6.62. The fourth-order valence-electron chi connectivity index (χ4n) is 9.50. The first-order valence-corrected chi connectivity index (χ1v) is 25.8. The third-order valence-corrected chi connectivity index (χ3v) is 15.4. The number of fused-ring (bicyclic) bond motifs is 6. The molecule has 2 aliphatic heterocycles. The van der Waals surface area contributed by atoms with Crippen molar-refractivity contribution in [3.8, 4) is 22.5 Å². The minimum Gasteiger partial charge on any atom is -0.357 e. The summed E-state index contributed by atoms with van der Waals surface area (Å²) in [5, 5.41) is 14.6. The number of hydrogen-bond acceptors (Lipinski definition) is 12. The Labute approximate surface area is 471 Å². The van der Waals surface area contributed by atoms with E-state index in [0.29, 0.717) is 25.0 Å². The Kier molecular flexibility index (Phi) is 24.0. The molecule has 0 spiro atoms. The first kappa shape index (κ1) is 66.9. The number of aromatic nitrogens is 4. The molecule has 0 unspecified atom stereocenters. The van der Waals surface area contributed by atoms with Gasteiger partial charge in [-0.15, -0.1) is 0 Å². The van der Waals surface area contributed by atoms with E-state index in [9.17, 15) is 9.59 Å². The van der Waals surface area contributed by atoms with E-state index in [2.05, 4.69) is 155 Å². The predicted molar refractivity (Wildman–Crippen MR) is 329 cm³/mol. The number of nitro groups is 1. The van der Waals surface area contributed by atoms with E-state index in [1.807, 2.05) is 26.5 Å². The van der Waals surface area contributed by atoms with Crippen LogP contribution in [-0.4, -0.2) is 87.6 Å². The van der Waals surface area contributed by atoms with Crippen molar-refractivity contribution in [3.63, 3.8) is 0 Å². The Morgan fingerprint density at radius 2 is 0.769 bits per heavy atom. The number of carbonyl (C=O) groups is 2. The van der Waals surface area contributed by atoms with E-state index >= 15 is 0 Å². The van der Waals surface area contributed by atoms with Gasteiger partial charge in [0.25, 0.3) is 0 Å². The Morgan fingerprint density at radius 1 is 0.526 bits per heavy atom. The van der Waals surface area contributed by atoms with Crippen molar-refractivity contribution in [2.75, 3.05) is 45.9 Å². The lowest BCUT2D eigenvalue weighted by Gasteiger charge is -2.22. The number of anilines is 2. The maximum atomic E-state index is 10.1. The Bertz CT molecular complexity index is 3060. The lowest BCUT2D eigenvalue weighted by atomic mass is 9.82. The van der Waals surface area contributed by atoms with Gasteiger partial charge in [-0.3, -0.25) is 29.7 Å². The summed E-state index contributed by atoms with van der Waals surface area (Å²) >= 11 is 4.64. The van der Waals surface area contributed by atoms with Crippen LogP contribution in [0.15, 0.2) is 34.5 Å². The van der Waals surface area contributed by atoms with Crippen molar-refractivity contribution in [3.05, 3.63) is 157 Å². The average molecular weight is 1080 g/mol. The molecule has 0 bridgehead atoms. The van der Waals surface area contributed by atoms with Gasteiger partial charge in [-0.2, -0.15) is 0 Å². The predicted octanol–water partition coefficient (Wildman–Crippen LogP) is 14.0. The smallest absolute Gasteiger partial charge is 0.222 e. The van der Waals surface area contributed by atoms with Gasteiger partial charge in [0.05, 0.1) is 35.9 Å². The molecule has 0 saturated carbocycles. The molecule has 4 aromatic carbocycles. The van der Waals surface area contributed by atoms with Gasteiger partial charge in [-0.1, -0.05) is 14.9 Å². The molecule has 0 radical (unpaired) electrons. The van der Waals surface area contributed by atoms with Gasteiger partial charge in [0.15, 0.2) is 7.05 Å². The Balaban J connectivity index is 0.000000421. The highest BCUT2D eigenvalue weighted by Crippen LogP contribution is 2.41. The SMILES string of the molecule is C.C.CC(=O)Cl.CC(=O)N(C)C.CNc1ncc2c(n1)-c1c(cc(C)c(C)c1C)C(c1c(C)c(C)c(C)c(C)c1C)=NC2.CNc1ncc2c(n1)-c1c(cc(C)c(C)c1C)C(c1c(C)c(C)c(C)c(C)c1C)=NC2.C[N+](=O)[O-]. The molecule has 0 aliphatic carbocycles. The Hall–Kier alpha value is -7.19. The van der Waals surface area contributed by atoms with E-state index in [1.54, 1.807) is 14.1 Å². The van der Waals surface area contributed by atoms with Crippen LogP contribution in [0.5, 0.6) is 0 Å². The van der Waals surface area contributed by atoms with Crippen LogP contribution in [0.4, 0.5) is 11.9 Å². The van der Waals surface area contributed by atoms with Crippen molar-refractivity contribution in [2.24, 2.45) is 9.98 Å². The van der Waals surface area contributed by atoms with Crippen LogP contribution in [0, 0.1) is 121 Å². The number of halogens is 1. The Morgan fingerprint density at radius 3 is 1.01 bits per heavy atom. The fourth-order valence-corrected chi connectivity index (χ4v) is 9.50. The zero-order chi connectivity index (χ0) is 57.5. The number of rotatable bonds is 4. The van der Waals surface area contributed by atoms with Gasteiger partial charge in [0.1, 0.15) is 0 Å². The third kappa shape index (κ3) is 14.3. The molecule has 0 atom stereocenters. The molecule has 420 valence electrons. The molecule has 78 heavy (non-hydrogen) atoms. The molecular weight excluding hydrogens is 996 g/mol. The maximum absolute atomic E-state index is 10.1. The number of carbonyl (C=O) groups excluding carboxylic acids is 2. The molecule has 8 rings (SSSR count). The van der Waals surface area contributed by atoms with Crippen LogP contribution in [0.1, 0.15) is 151 Å². The number of nitrogens with zero attached hydrogens (tertiary/aromatic N) is 8. The summed E-state index contributed by atoms with van der Waals surface area (Å²) in [4.78, 5) is 58.2. The minimum absolute atomic E-state index is 0. The quantitative estimate of drug-likeness (QED) is 0.0979. The highest BCUT2D eigenvalue weighted by Gasteiger charge is 2.29. The van der Waals surface area contributed by atoms with E-state index in [1.165, 1.54) is 141 Å². The van der Waals surface area contributed by atoms with Gasteiger partial charge in [0, 0.05) is 104 Å². The second-order valence-electron chi connectivity index (χ2n) is 20.0. The molecule has 6 aromatic rings. The van der Waals surface area contributed by atoms with E-state index in [-0.39, 0.29) is 26.0 Å². The highest BCUT2D eigenvalue weighted by atomic mass is 35.5. The van der Waals surface area contributed by atoms with Crippen LogP contribution in [0.2, 0.25) is 0 Å². The van der Waals surface area contributed by atoms with Crippen LogP contribution >= 0.6 is 11.6 Å². The monoisotopic (exact) mass is 1080 g/mol. The van der Waals surface area contributed by atoms with Gasteiger partial charge in [-0.05, 0) is 224 Å². The van der Waals surface area contributed by atoms with Crippen LogP contribution in [-0.2, 0) is 22.7 Å². The lowest BCUT2D eigenvalue weighted by molar-refractivity contribution is -0.445. The van der Waals surface area contributed by atoms with Gasteiger partial charge >= 0.3 is 0 Å². The number of amides is 1. The zero-order valence-corrected chi connectivity index (χ0v) is 50.1. The van der Waals surface area contributed by atoms with E-state index in [4.69, 9.17) is 30.1 Å². The van der Waals surface area contributed by atoms with Crippen molar-refractivity contribution < 1.29 is 14.5 Å². The van der Waals surface area contributed by atoms with Crippen LogP contribution < -0.4 is 10.6 Å². The first-order chi connectivity index (χ1) is 35.4. The molecular formula is C63H87ClN10O4. The summed E-state index contributed by atoms with van der Waals surface area (Å²) in [6.45, 7) is 39.4. The molecule has 2 aromatic heterocycles. The summed E-state index contributed by atoms with van der Waals surface area (Å²) in [6.07, 6.45) is 3.84. The van der Waals surface area contributed by atoms with Crippen molar-refractivity contribution in [1.82, 2.24) is 24.8 Å². The number of benzene rings is 4. The molecule has 4 heterocycles. The average Bonchev–Trinajstić information content (AvgIpc) is 3.62. The summed E-state index contributed by atoms with van der Waals surface area (Å²) in [5.74, 6) is 1.37. The molecule has 0 fully saturated rings. The summed E-state index contributed by atoms with van der Waals surface area (Å²) in [6, 6.07) is 4.60. The minimum atomic E-state index is -0.500. The molecule has 15 heteroatoms. The number of aryl methyl sites for hydroxylation is 2. The summed E-state index contributed by atoms with van der Waals surface area (Å²) < 4.78 is 0. The molecule has 14 nitrogen and oxygen atoms in total. The standard InChI is InChI=1S/2C27H32N4.C4H9NO.C2H3ClO.CH3NO2.2CH4/c2*1-13-10-22-24(18(6)14(13)2)25-21(12-30-27(28-9)31-25)11-29-26(22)23-19(7)16(4)15(3)17(5)20(23)8;1-4(6)5(2)3;2*1-2(3)4;;/h2*10,12H,11H2,1-9H3,(H,28,30,31);1-3H3;2*1H3;2*1H4. The molecule has 0 saturated heterocycles. The molecule has 2 N–H and O–H groups in total. The van der Waals surface area contributed by atoms with E-state index in [0.717, 1.165) is 41.0 Å². The zero-order valence-electron chi connectivity index (χ0n) is 49.3. The molecule has 1 amide bonds. The first-order valence-electron chi connectivity index (χ1n) is 25.4. The number of nitrogens with one attached hydrogen (secondary N) is 2. The summed E-state index contributed by atoms with van der Waals surface area (Å²) in [7, 11) is 8.06. The van der Waals surface area contributed by atoms with Gasteiger partial charge in [0.2, 0.25) is 23.0 Å². The second kappa shape index (κ2) is 27.9.